The average Bonchev–Trinajstić information content (AvgIpc) is 2.85. The molecule has 4 rings (SSSR count). The van der Waals surface area contributed by atoms with Crippen molar-refractivity contribution in [2.24, 2.45) is 0 Å². The van der Waals surface area contributed by atoms with Crippen LogP contribution < -0.4 is 15.4 Å². The van der Waals surface area contributed by atoms with Gasteiger partial charge in [0.2, 0.25) is 0 Å². The second-order valence-electron chi connectivity index (χ2n) is 7.60. The number of carbonyl (C=O) groups is 2. The molecule has 2 amide bonds. The van der Waals surface area contributed by atoms with E-state index in [9.17, 15) is 9.59 Å². The number of amides is 2. The van der Waals surface area contributed by atoms with Crippen LogP contribution in [-0.4, -0.2) is 11.8 Å². The third kappa shape index (κ3) is 5.86. The van der Waals surface area contributed by atoms with Gasteiger partial charge in [-0.1, -0.05) is 48.5 Å². The van der Waals surface area contributed by atoms with E-state index >= 15 is 0 Å². The van der Waals surface area contributed by atoms with E-state index in [0.717, 1.165) is 11.1 Å². The van der Waals surface area contributed by atoms with Gasteiger partial charge in [0.05, 0.1) is 0 Å². The Morgan fingerprint density at radius 2 is 1.24 bits per heavy atom. The van der Waals surface area contributed by atoms with Crippen LogP contribution in [0.5, 0.6) is 5.75 Å². The lowest BCUT2D eigenvalue weighted by molar-refractivity contribution is 0.101. The van der Waals surface area contributed by atoms with Gasteiger partial charge >= 0.3 is 0 Å². The molecule has 0 heterocycles. The SMILES string of the molecule is Cc1ccccc1C(=O)Nc1ccc(NC(=O)c2ccc(OCc3ccccc3)cc2)cc1. The molecule has 0 fully saturated rings. The summed E-state index contributed by atoms with van der Waals surface area (Å²) in [7, 11) is 0. The lowest BCUT2D eigenvalue weighted by atomic mass is 10.1. The Labute approximate surface area is 193 Å². The lowest BCUT2D eigenvalue weighted by Crippen LogP contribution is -2.14. The van der Waals surface area contributed by atoms with Crippen molar-refractivity contribution in [3.05, 3.63) is 125 Å². The van der Waals surface area contributed by atoms with Gasteiger partial charge in [0.15, 0.2) is 0 Å². The highest BCUT2D eigenvalue weighted by Crippen LogP contribution is 2.18. The molecule has 0 aliphatic carbocycles. The Hall–Kier alpha value is -4.38. The molecule has 0 saturated heterocycles. The molecule has 0 aliphatic heterocycles. The molecule has 0 spiro atoms. The highest BCUT2D eigenvalue weighted by molar-refractivity contribution is 6.06. The standard InChI is InChI=1S/C28H24N2O3/c1-20-7-5-6-10-26(20)28(32)30-24-15-13-23(14-16-24)29-27(31)22-11-17-25(18-12-22)33-19-21-8-3-2-4-9-21/h2-18H,19H2,1H3,(H,29,31)(H,30,32). The maximum atomic E-state index is 12.6. The minimum atomic E-state index is -0.221. The molecule has 0 unspecified atom stereocenters. The smallest absolute Gasteiger partial charge is 0.255 e. The molecule has 164 valence electrons. The fourth-order valence-corrected chi connectivity index (χ4v) is 3.31. The Morgan fingerprint density at radius 1 is 0.667 bits per heavy atom. The molecule has 5 nitrogen and oxygen atoms in total. The largest absolute Gasteiger partial charge is 0.489 e. The van der Waals surface area contributed by atoms with Gasteiger partial charge < -0.3 is 15.4 Å². The van der Waals surface area contributed by atoms with E-state index in [1.165, 1.54) is 0 Å². The molecule has 0 aliphatic rings. The van der Waals surface area contributed by atoms with Crippen molar-refractivity contribution in [1.29, 1.82) is 0 Å². The number of carbonyl (C=O) groups excluding carboxylic acids is 2. The summed E-state index contributed by atoms with van der Waals surface area (Å²) in [5, 5.41) is 5.74. The fourth-order valence-electron chi connectivity index (χ4n) is 3.31. The quantitative estimate of drug-likeness (QED) is 0.369. The summed E-state index contributed by atoms with van der Waals surface area (Å²) in [6.45, 7) is 2.37. The maximum absolute atomic E-state index is 12.6. The molecule has 0 bridgehead atoms. The zero-order chi connectivity index (χ0) is 23.0. The number of anilines is 2. The molecule has 0 radical (unpaired) electrons. The van der Waals surface area contributed by atoms with Crippen molar-refractivity contribution < 1.29 is 14.3 Å². The summed E-state index contributed by atoms with van der Waals surface area (Å²) in [6, 6.07) is 31.4. The Bertz CT molecular complexity index is 1230. The molecule has 5 heteroatoms. The van der Waals surface area contributed by atoms with Crippen molar-refractivity contribution in [3.63, 3.8) is 0 Å². The van der Waals surface area contributed by atoms with Crippen molar-refractivity contribution in [2.45, 2.75) is 13.5 Å². The molecule has 0 saturated carbocycles. The van der Waals surface area contributed by atoms with E-state index in [2.05, 4.69) is 10.6 Å². The van der Waals surface area contributed by atoms with E-state index in [-0.39, 0.29) is 11.8 Å². The second kappa shape index (κ2) is 10.3. The van der Waals surface area contributed by atoms with Crippen molar-refractivity contribution >= 4 is 23.2 Å². The minimum absolute atomic E-state index is 0.167. The monoisotopic (exact) mass is 436 g/mol. The topological polar surface area (TPSA) is 67.4 Å². The van der Waals surface area contributed by atoms with Crippen molar-refractivity contribution in [2.75, 3.05) is 10.6 Å². The van der Waals surface area contributed by atoms with E-state index < -0.39 is 0 Å². The van der Waals surface area contributed by atoms with Gasteiger partial charge in [0.1, 0.15) is 12.4 Å². The van der Waals surface area contributed by atoms with Crippen molar-refractivity contribution in [1.82, 2.24) is 0 Å². The molecule has 2 N–H and O–H groups in total. The highest BCUT2D eigenvalue weighted by Gasteiger charge is 2.10. The lowest BCUT2D eigenvalue weighted by Gasteiger charge is -2.10. The molecule has 4 aromatic carbocycles. The molecular weight excluding hydrogens is 412 g/mol. The summed E-state index contributed by atoms with van der Waals surface area (Å²) >= 11 is 0. The number of hydrogen-bond acceptors (Lipinski definition) is 3. The van der Waals surface area contributed by atoms with Crippen molar-refractivity contribution in [3.8, 4) is 5.75 Å². The van der Waals surface area contributed by atoms with Gasteiger partial charge in [-0.3, -0.25) is 9.59 Å². The summed E-state index contributed by atoms with van der Waals surface area (Å²) in [6.07, 6.45) is 0. The fraction of sp³-hybridized carbons (Fsp3) is 0.0714. The maximum Gasteiger partial charge on any atom is 0.255 e. The van der Waals surface area contributed by atoms with Crippen LogP contribution in [0.1, 0.15) is 31.8 Å². The van der Waals surface area contributed by atoms with Crippen LogP contribution in [-0.2, 0) is 6.61 Å². The number of rotatable bonds is 7. The van der Waals surface area contributed by atoms with Crippen LogP contribution in [0.4, 0.5) is 11.4 Å². The molecule has 4 aromatic rings. The summed E-state index contributed by atoms with van der Waals surface area (Å²) in [5.74, 6) is 0.310. The summed E-state index contributed by atoms with van der Waals surface area (Å²) in [4.78, 5) is 25.0. The first-order valence-electron chi connectivity index (χ1n) is 10.6. The van der Waals surface area contributed by atoms with Crippen LogP contribution in [0, 0.1) is 6.92 Å². The first-order valence-corrected chi connectivity index (χ1v) is 10.6. The van der Waals surface area contributed by atoms with Gasteiger partial charge in [-0.15, -0.1) is 0 Å². The number of nitrogens with one attached hydrogen (secondary N) is 2. The number of benzene rings is 4. The zero-order valence-corrected chi connectivity index (χ0v) is 18.2. The van der Waals surface area contributed by atoms with Crippen LogP contribution in [0.3, 0.4) is 0 Å². The van der Waals surface area contributed by atoms with Gasteiger partial charge in [0, 0.05) is 22.5 Å². The molecule has 33 heavy (non-hydrogen) atoms. The first kappa shape index (κ1) is 21.8. The van der Waals surface area contributed by atoms with Gasteiger partial charge in [-0.2, -0.15) is 0 Å². The van der Waals surface area contributed by atoms with E-state index in [1.807, 2.05) is 55.5 Å². The van der Waals surface area contributed by atoms with E-state index in [0.29, 0.717) is 34.9 Å². The average molecular weight is 437 g/mol. The van der Waals surface area contributed by atoms with Gasteiger partial charge in [0.25, 0.3) is 11.8 Å². The summed E-state index contributed by atoms with van der Waals surface area (Å²) in [5.41, 5.74) is 4.44. The Balaban J connectivity index is 1.32. The third-order valence-corrected chi connectivity index (χ3v) is 5.16. The summed E-state index contributed by atoms with van der Waals surface area (Å²) < 4.78 is 5.76. The van der Waals surface area contributed by atoms with E-state index in [4.69, 9.17) is 4.74 Å². The first-order chi connectivity index (χ1) is 16.1. The van der Waals surface area contributed by atoms with Crippen LogP contribution in [0.15, 0.2) is 103 Å². The number of ether oxygens (including phenoxy) is 1. The molecule has 0 aromatic heterocycles. The highest BCUT2D eigenvalue weighted by atomic mass is 16.5. The zero-order valence-electron chi connectivity index (χ0n) is 18.2. The van der Waals surface area contributed by atoms with Crippen LogP contribution in [0.25, 0.3) is 0 Å². The predicted molar refractivity (Wildman–Crippen MR) is 131 cm³/mol. The van der Waals surface area contributed by atoms with Gasteiger partial charge in [-0.05, 0) is 72.6 Å². The third-order valence-electron chi connectivity index (χ3n) is 5.16. The predicted octanol–water partition coefficient (Wildman–Crippen LogP) is 6.08. The van der Waals surface area contributed by atoms with E-state index in [1.54, 1.807) is 54.6 Å². The molecule has 0 atom stereocenters. The number of hydrogen-bond donors (Lipinski definition) is 2. The second-order valence-corrected chi connectivity index (χ2v) is 7.60. The minimum Gasteiger partial charge on any atom is -0.489 e. The van der Waals surface area contributed by atoms with Crippen LogP contribution >= 0.6 is 0 Å². The Kier molecular flexibility index (Phi) is 6.81. The normalized spacial score (nSPS) is 10.3. The van der Waals surface area contributed by atoms with Crippen LogP contribution in [0.2, 0.25) is 0 Å². The Morgan fingerprint density at radius 3 is 1.88 bits per heavy atom. The molecular formula is C28H24N2O3. The van der Waals surface area contributed by atoms with Gasteiger partial charge in [-0.25, -0.2) is 0 Å². The number of aryl methyl sites for hydroxylation is 1.